The Kier molecular flexibility index (Phi) is 4.37. The quantitative estimate of drug-likeness (QED) is 0.482. The molecular formula is C23H22BrN3O. The molecule has 0 amide bonds. The van der Waals surface area contributed by atoms with Crippen LogP contribution in [0.3, 0.4) is 0 Å². The fourth-order valence-corrected chi connectivity index (χ4v) is 5.00. The number of aromatic nitrogens is 1. The Balaban J connectivity index is 1.56. The lowest BCUT2D eigenvalue weighted by Gasteiger charge is -2.29. The molecule has 3 heterocycles. The van der Waals surface area contributed by atoms with Crippen LogP contribution in [0.15, 0.2) is 59.2 Å². The first-order chi connectivity index (χ1) is 13.6. The van der Waals surface area contributed by atoms with Gasteiger partial charge in [0.05, 0.1) is 5.52 Å². The van der Waals surface area contributed by atoms with E-state index in [0.29, 0.717) is 17.2 Å². The summed E-state index contributed by atoms with van der Waals surface area (Å²) in [6.45, 7) is 2.21. The van der Waals surface area contributed by atoms with E-state index in [1.807, 2.05) is 48.7 Å². The number of ketones is 1. The van der Waals surface area contributed by atoms with Gasteiger partial charge in [-0.25, -0.2) is 0 Å². The summed E-state index contributed by atoms with van der Waals surface area (Å²) >= 11 is 3.45. The highest BCUT2D eigenvalue weighted by Gasteiger charge is 2.29. The number of halogens is 1. The van der Waals surface area contributed by atoms with Crippen molar-refractivity contribution in [2.24, 2.45) is 0 Å². The van der Waals surface area contributed by atoms with Gasteiger partial charge in [0.25, 0.3) is 0 Å². The molecular weight excluding hydrogens is 414 g/mol. The third-order valence-corrected chi connectivity index (χ3v) is 6.55. The predicted molar refractivity (Wildman–Crippen MR) is 117 cm³/mol. The standard InChI is InChI=1S/C23H22BrN3O/c24-18-4-1-3-16(11-18)23(28)17-6-7-22-20(13-17)21(14-27(22)25)15-8-10-26-9-2-5-19(26)12-15/h1,3-4,6-8,11,13-14,19H,2,5,9-10,12,25H2. The van der Waals surface area contributed by atoms with E-state index in [1.54, 1.807) is 4.68 Å². The van der Waals surface area contributed by atoms with Gasteiger partial charge in [0, 0.05) is 45.3 Å². The number of rotatable bonds is 3. The molecule has 0 bridgehead atoms. The summed E-state index contributed by atoms with van der Waals surface area (Å²) in [5.74, 6) is 6.26. The van der Waals surface area contributed by atoms with Gasteiger partial charge >= 0.3 is 0 Å². The topological polar surface area (TPSA) is 51.3 Å². The average Bonchev–Trinajstić information content (AvgIpc) is 3.31. The van der Waals surface area contributed by atoms with Crippen LogP contribution in [0.4, 0.5) is 0 Å². The zero-order valence-electron chi connectivity index (χ0n) is 15.6. The van der Waals surface area contributed by atoms with Crippen molar-refractivity contribution in [1.29, 1.82) is 0 Å². The Hall–Kier alpha value is -2.37. The molecule has 4 nitrogen and oxygen atoms in total. The van der Waals surface area contributed by atoms with Gasteiger partial charge in [-0.05, 0) is 61.7 Å². The molecule has 5 rings (SSSR count). The zero-order valence-corrected chi connectivity index (χ0v) is 17.2. The van der Waals surface area contributed by atoms with Crippen LogP contribution in [-0.4, -0.2) is 34.5 Å². The Bertz CT molecular complexity index is 1110. The van der Waals surface area contributed by atoms with Crippen LogP contribution in [0.5, 0.6) is 0 Å². The lowest BCUT2D eigenvalue weighted by Crippen LogP contribution is -2.32. The van der Waals surface area contributed by atoms with E-state index >= 15 is 0 Å². The number of carbonyl (C=O) groups excluding carboxylic acids is 1. The van der Waals surface area contributed by atoms with Crippen molar-refractivity contribution in [3.63, 3.8) is 0 Å². The SMILES string of the molecule is Nn1cc(C2=CCN3CCCC3C2)c2cc(C(=O)c3cccc(Br)c3)ccc21. The molecule has 2 N–H and O–H groups in total. The summed E-state index contributed by atoms with van der Waals surface area (Å²) in [6, 6.07) is 14.0. The van der Waals surface area contributed by atoms with Crippen molar-refractivity contribution in [3.8, 4) is 0 Å². The molecule has 28 heavy (non-hydrogen) atoms. The maximum absolute atomic E-state index is 13.0. The van der Waals surface area contributed by atoms with E-state index in [4.69, 9.17) is 5.84 Å². The Morgan fingerprint density at radius 2 is 2.00 bits per heavy atom. The van der Waals surface area contributed by atoms with E-state index in [9.17, 15) is 4.79 Å². The molecule has 3 aromatic rings. The van der Waals surface area contributed by atoms with E-state index in [2.05, 4.69) is 26.9 Å². The molecule has 2 aromatic carbocycles. The maximum Gasteiger partial charge on any atom is 0.193 e. The molecule has 1 fully saturated rings. The van der Waals surface area contributed by atoms with E-state index in [0.717, 1.165) is 33.9 Å². The van der Waals surface area contributed by atoms with Crippen molar-refractivity contribution < 1.29 is 4.79 Å². The van der Waals surface area contributed by atoms with Gasteiger partial charge in [0.15, 0.2) is 5.78 Å². The molecule has 1 atom stereocenters. The van der Waals surface area contributed by atoms with Crippen LogP contribution < -0.4 is 5.84 Å². The lowest BCUT2D eigenvalue weighted by molar-refractivity contribution is 0.103. The minimum Gasteiger partial charge on any atom is -0.339 e. The number of nitrogen functional groups attached to an aromatic ring is 1. The molecule has 5 heteroatoms. The highest BCUT2D eigenvalue weighted by molar-refractivity contribution is 9.10. The monoisotopic (exact) mass is 435 g/mol. The number of fused-ring (bicyclic) bond motifs is 2. The first kappa shape index (κ1) is 17.7. The second-order valence-corrected chi connectivity index (χ2v) is 8.66. The van der Waals surface area contributed by atoms with Crippen molar-refractivity contribution >= 4 is 38.2 Å². The number of nitrogens with zero attached hydrogens (tertiary/aromatic N) is 2. The van der Waals surface area contributed by atoms with Crippen LogP contribution in [0.1, 0.15) is 40.7 Å². The smallest absolute Gasteiger partial charge is 0.193 e. The number of nitrogens with two attached hydrogens (primary N) is 1. The van der Waals surface area contributed by atoms with Crippen LogP contribution in [-0.2, 0) is 0 Å². The first-order valence-corrected chi connectivity index (χ1v) is 10.5. The molecule has 1 aromatic heterocycles. The van der Waals surface area contributed by atoms with Crippen molar-refractivity contribution in [1.82, 2.24) is 9.58 Å². The van der Waals surface area contributed by atoms with Crippen molar-refractivity contribution in [2.45, 2.75) is 25.3 Å². The highest BCUT2D eigenvalue weighted by atomic mass is 79.9. The van der Waals surface area contributed by atoms with Gasteiger partial charge in [-0.1, -0.05) is 34.1 Å². The largest absolute Gasteiger partial charge is 0.339 e. The van der Waals surface area contributed by atoms with Gasteiger partial charge in [-0.15, -0.1) is 0 Å². The van der Waals surface area contributed by atoms with Crippen LogP contribution in [0.2, 0.25) is 0 Å². The van der Waals surface area contributed by atoms with Gasteiger partial charge in [-0.2, -0.15) is 0 Å². The van der Waals surface area contributed by atoms with Gasteiger partial charge in [-0.3, -0.25) is 14.4 Å². The highest BCUT2D eigenvalue weighted by Crippen LogP contribution is 2.36. The Labute approximate surface area is 172 Å². The van der Waals surface area contributed by atoms with Crippen molar-refractivity contribution in [2.75, 3.05) is 18.9 Å². The predicted octanol–water partition coefficient (Wildman–Crippen LogP) is 4.60. The maximum atomic E-state index is 13.0. The fourth-order valence-electron chi connectivity index (χ4n) is 4.60. The van der Waals surface area contributed by atoms with Crippen LogP contribution >= 0.6 is 15.9 Å². The third-order valence-electron chi connectivity index (χ3n) is 6.05. The second-order valence-electron chi connectivity index (χ2n) is 7.75. The summed E-state index contributed by atoms with van der Waals surface area (Å²) in [5.41, 5.74) is 4.84. The molecule has 0 radical (unpaired) electrons. The number of carbonyl (C=O) groups is 1. The molecule has 0 spiro atoms. The normalized spacial score (nSPS) is 19.6. The molecule has 2 aliphatic heterocycles. The Morgan fingerprint density at radius 1 is 1.14 bits per heavy atom. The van der Waals surface area contributed by atoms with Crippen LogP contribution in [0.25, 0.3) is 16.5 Å². The van der Waals surface area contributed by atoms with Crippen LogP contribution in [0, 0.1) is 0 Å². The summed E-state index contributed by atoms with van der Waals surface area (Å²) in [5, 5.41) is 1.06. The fraction of sp³-hybridized carbons (Fsp3) is 0.261. The molecule has 0 saturated carbocycles. The summed E-state index contributed by atoms with van der Waals surface area (Å²) < 4.78 is 2.58. The number of hydrogen-bond donors (Lipinski definition) is 1. The van der Waals surface area contributed by atoms with Gasteiger partial charge in [0.1, 0.15) is 0 Å². The van der Waals surface area contributed by atoms with E-state index in [1.165, 1.54) is 25.0 Å². The van der Waals surface area contributed by atoms with Crippen molar-refractivity contribution in [3.05, 3.63) is 75.9 Å². The molecule has 142 valence electrons. The first-order valence-electron chi connectivity index (χ1n) is 9.74. The minimum atomic E-state index is 0.0264. The summed E-state index contributed by atoms with van der Waals surface area (Å²) in [7, 11) is 0. The number of benzene rings is 2. The van der Waals surface area contributed by atoms with Gasteiger partial charge in [0.2, 0.25) is 0 Å². The average molecular weight is 436 g/mol. The molecule has 1 unspecified atom stereocenters. The number of hydrogen-bond acceptors (Lipinski definition) is 3. The minimum absolute atomic E-state index is 0.0264. The lowest BCUT2D eigenvalue weighted by atomic mass is 9.93. The Morgan fingerprint density at radius 3 is 2.86 bits per heavy atom. The second kappa shape index (κ2) is 6.90. The summed E-state index contributed by atoms with van der Waals surface area (Å²) in [4.78, 5) is 15.6. The third kappa shape index (κ3) is 2.99. The summed E-state index contributed by atoms with van der Waals surface area (Å²) in [6.07, 6.45) is 7.96. The zero-order chi connectivity index (χ0) is 19.3. The van der Waals surface area contributed by atoms with E-state index in [-0.39, 0.29) is 5.78 Å². The van der Waals surface area contributed by atoms with E-state index < -0.39 is 0 Å². The molecule has 1 saturated heterocycles. The molecule has 0 aliphatic carbocycles. The molecule has 2 aliphatic rings. The van der Waals surface area contributed by atoms with Gasteiger partial charge < -0.3 is 5.84 Å².